The van der Waals surface area contributed by atoms with E-state index in [9.17, 15) is 4.79 Å². The molecule has 0 aliphatic rings. The highest BCUT2D eigenvalue weighted by atomic mass is 16.1. The van der Waals surface area contributed by atoms with Gasteiger partial charge in [0.15, 0.2) is 5.82 Å². The van der Waals surface area contributed by atoms with Crippen LogP contribution in [0.4, 0.5) is 5.82 Å². The fourth-order valence-electron chi connectivity index (χ4n) is 1.69. The second-order valence-electron chi connectivity index (χ2n) is 4.81. The molecular formula is C13H19N5O. The molecule has 1 amide bonds. The number of fused-ring (bicyclic) bond motifs is 1. The van der Waals surface area contributed by atoms with Crippen molar-refractivity contribution >= 4 is 17.2 Å². The molecule has 0 aliphatic heterocycles. The van der Waals surface area contributed by atoms with E-state index in [1.54, 1.807) is 23.1 Å². The zero-order valence-corrected chi connectivity index (χ0v) is 11.3. The highest BCUT2D eigenvalue weighted by molar-refractivity contribution is 5.76. The Morgan fingerprint density at radius 3 is 3.05 bits per heavy atom. The van der Waals surface area contributed by atoms with Gasteiger partial charge in [-0.05, 0) is 12.0 Å². The average molecular weight is 261 g/mol. The summed E-state index contributed by atoms with van der Waals surface area (Å²) in [7, 11) is 0. The maximum absolute atomic E-state index is 11.6. The first-order valence-electron chi connectivity index (χ1n) is 6.45. The Balaban J connectivity index is 1.82. The first-order chi connectivity index (χ1) is 9.16. The normalized spacial score (nSPS) is 10.9. The van der Waals surface area contributed by atoms with Crippen LogP contribution in [0.2, 0.25) is 0 Å². The van der Waals surface area contributed by atoms with E-state index in [0.29, 0.717) is 18.9 Å². The van der Waals surface area contributed by atoms with Gasteiger partial charge in [0.2, 0.25) is 5.91 Å². The molecule has 0 aromatic carbocycles. The number of amides is 1. The molecule has 2 aromatic heterocycles. The largest absolute Gasteiger partial charge is 0.368 e. The number of anilines is 1. The molecule has 102 valence electrons. The lowest BCUT2D eigenvalue weighted by Crippen LogP contribution is -2.28. The molecule has 6 nitrogen and oxygen atoms in total. The van der Waals surface area contributed by atoms with Gasteiger partial charge in [0.25, 0.3) is 0 Å². The van der Waals surface area contributed by atoms with Crippen molar-refractivity contribution in [3.8, 4) is 0 Å². The van der Waals surface area contributed by atoms with Gasteiger partial charge in [-0.15, -0.1) is 0 Å². The number of nitrogens with one attached hydrogen (secondary N) is 2. The van der Waals surface area contributed by atoms with Crippen molar-refractivity contribution in [2.24, 2.45) is 5.92 Å². The molecule has 0 unspecified atom stereocenters. The number of nitrogens with zero attached hydrogens (tertiary/aromatic N) is 3. The minimum atomic E-state index is 0.0571. The summed E-state index contributed by atoms with van der Waals surface area (Å²) in [5.74, 6) is 1.28. The minimum absolute atomic E-state index is 0.0571. The SMILES string of the molecule is CC(C)CNC(=O)CCNc1nccn2nccc12. The van der Waals surface area contributed by atoms with Crippen molar-refractivity contribution in [3.63, 3.8) is 0 Å². The second kappa shape index (κ2) is 6.17. The van der Waals surface area contributed by atoms with Gasteiger partial charge in [-0.3, -0.25) is 4.79 Å². The van der Waals surface area contributed by atoms with Crippen LogP contribution in [0.5, 0.6) is 0 Å². The molecule has 2 rings (SSSR count). The van der Waals surface area contributed by atoms with Gasteiger partial charge in [-0.25, -0.2) is 9.50 Å². The zero-order valence-electron chi connectivity index (χ0n) is 11.3. The van der Waals surface area contributed by atoms with Crippen molar-refractivity contribution in [1.82, 2.24) is 19.9 Å². The van der Waals surface area contributed by atoms with Crippen LogP contribution in [-0.2, 0) is 4.79 Å². The van der Waals surface area contributed by atoms with Gasteiger partial charge in [0.05, 0.1) is 6.20 Å². The summed E-state index contributed by atoms with van der Waals surface area (Å²) in [6, 6.07) is 1.88. The summed E-state index contributed by atoms with van der Waals surface area (Å²) in [4.78, 5) is 15.8. The zero-order chi connectivity index (χ0) is 13.7. The van der Waals surface area contributed by atoms with Gasteiger partial charge in [-0.2, -0.15) is 5.10 Å². The average Bonchev–Trinajstić information content (AvgIpc) is 2.85. The minimum Gasteiger partial charge on any atom is -0.368 e. The van der Waals surface area contributed by atoms with Crippen LogP contribution in [0.15, 0.2) is 24.7 Å². The second-order valence-corrected chi connectivity index (χ2v) is 4.81. The fourth-order valence-corrected chi connectivity index (χ4v) is 1.69. The first kappa shape index (κ1) is 13.3. The third kappa shape index (κ3) is 3.67. The van der Waals surface area contributed by atoms with E-state index < -0.39 is 0 Å². The molecule has 0 bridgehead atoms. The number of aromatic nitrogens is 3. The third-order valence-corrected chi connectivity index (χ3v) is 2.68. The fraction of sp³-hybridized carbons (Fsp3) is 0.462. The lowest BCUT2D eigenvalue weighted by atomic mass is 10.2. The van der Waals surface area contributed by atoms with Crippen LogP contribution in [0.25, 0.3) is 5.52 Å². The Morgan fingerprint density at radius 2 is 2.26 bits per heavy atom. The Bertz CT molecular complexity index is 549. The van der Waals surface area contributed by atoms with Gasteiger partial charge in [-0.1, -0.05) is 13.8 Å². The van der Waals surface area contributed by atoms with Crippen molar-refractivity contribution in [1.29, 1.82) is 0 Å². The molecular weight excluding hydrogens is 242 g/mol. The van der Waals surface area contributed by atoms with Crippen LogP contribution in [-0.4, -0.2) is 33.6 Å². The highest BCUT2D eigenvalue weighted by Gasteiger charge is 2.05. The van der Waals surface area contributed by atoms with Gasteiger partial charge in [0.1, 0.15) is 5.52 Å². The van der Waals surface area contributed by atoms with E-state index in [2.05, 4.69) is 34.6 Å². The maximum Gasteiger partial charge on any atom is 0.221 e. The van der Waals surface area contributed by atoms with Crippen molar-refractivity contribution in [3.05, 3.63) is 24.7 Å². The molecule has 2 heterocycles. The van der Waals surface area contributed by atoms with Crippen molar-refractivity contribution < 1.29 is 4.79 Å². The third-order valence-electron chi connectivity index (χ3n) is 2.68. The summed E-state index contributed by atoms with van der Waals surface area (Å²) in [5, 5.41) is 10.2. The molecule has 2 aromatic rings. The van der Waals surface area contributed by atoms with Crippen LogP contribution in [0, 0.1) is 5.92 Å². The lowest BCUT2D eigenvalue weighted by molar-refractivity contribution is -0.120. The van der Waals surface area contributed by atoms with Crippen LogP contribution >= 0.6 is 0 Å². The molecule has 0 spiro atoms. The Hall–Kier alpha value is -2.11. The molecule has 19 heavy (non-hydrogen) atoms. The van der Waals surface area contributed by atoms with E-state index in [-0.39, 0.29) is 5.91 Å². The van der Waals surface area contributed by atoms with Crippen LogP contribution < -0.4 is 10.6 Å². The summed E-state index contributed by atoms with van der Waals surface area (Å²) < 4.78 is 1.74. The maximum atomic E-state index is 11.6. The standard InChI is InChI=1S/C13H19N5O/c1-10(2)9-16-12(19)4-5-14-13-11-3-6-17-18(11)8-7-15-13/h3,6-8,10H,4-5,9H2,1-2H3,(H,14,15)(H,16,19). The van der Waals surface area contributed by atoms with Crippen molar-refractivity contribution in [2.45, 2.75) is 20.3 Å². The summed E-state index contributed by atoms with van der Waals surface area (Å²) in [6.45, 7) is 5.42. The van der Waals surface area contributed by atoms with E-state index >= 15 is 0 Å². The Labute approximate surface area is 112 Å². The Kier molecular flexibility index (Phi) is 4.33. The smallest absolute Gasteiger partial charge is 0.221 e. The Morgan fingerprint density at radius 1 is 1.42 bits per heavy atom. The molecule has 0 fully saturated rings. The molecule has 2 N–H and O–H groups in total. The quantitative estimate of drug-likeness (QED) is 0.822. The summed E-state index contributed by atoms with van der Waals surface area (Å²) >= 11 is 0. The van der Waals surface area contributed by atoms with Gasteiger partial charge < -0.3 is 10.6 Å². The molecule has 0 saturated heterocycles. The van der Waals surface area contributed by atoms with Gasteiger partial charge in [0, 0.05) is 31.9 Å². The number of carbonyl (C=O) groups excluding carboxylic acids is 1. The topological polar surface area (TPSA) is 71.3 Å². The van der Waals surface area contributed by atoms with E-state index in [4.69, 9.17) is 0 Å². The number of hydrogen-bond donors (Lipinski definition) is 2. The van der Waals surface area contributed by atoms with Crippen LogP contribution in [0.3, 0.4) is 0 Å². The predicted molar refractivity (Wildman–Crippen MR) is 73.9 cm³/mol. The molecule has 6 heteroatoms. The first-order valence-corrected chi connectivity index (χ1v) is 6.45. The molecule has 0 saturated carbocycles. The summed E-state index contributed by atoms with van der Waals surface area (Å²) in [5.41, 5.74) is 0.907. The van der Waals surface area contributed by atoms with E-state index in [0.717, 1.165) is 17.9 Å². The van der Waals surface area contributed by atoms with E-state index in [1.165, 1.54) is 0 Å². The monoisotopic (exact) mass is 261 g/mol. The molecule has 0 atom stereocenters. The summed E-state index contributed by atoms with van der Waals surface area (Å²) in [6.07, 6.45) is 5.62. The van der Waals surface area contributed by atoms with E-state index in [1.807, 2.05) is 6.07 Å². The van der Waals surface area contributed by atoms with Crippen molar-refractivity contribution in [2.75, 3.05) is 18.4 Å². The molecule has 0 aliphatic carbocycles. The number of hydrogen-bond acceptors (Lipinski definition) is 4. The number of rotatable bonds is 6. The highest BCUT2D eigenvalue weighted by Crippen LogP contribution is 2.11. The number of carbonyl (C=O) groups is 1. The molecule has 0 radical (unpaired) electrons. The van der Waals surface area contributed by atoms with Gasteiger partial charge >= 0.3 is 0 Å². The predicted octanol–water partition coefficient (Wildman–Crippen LogP) is 1.30. The van der Waals surface area contributed by atoms with Crippen LogP contribution in [0.1, 0.15) is 20.3 Å². The lowest BCUT2D eigenvalue weighted by Gasteiger charge is -2.09.